The van der Waals surface area contributed by atoms with E-state index < -0.39 is 5.97 Å². The fourth-order valence-corrected chi connectivity index (χ4v) is 3.30. The van der Waals surface area contributed by atoms with Gasteiger partial charge < -0.3 is 5.11 Å². The SMILES string of the molecule is Cc1nc(Sc2cccnc2C#N)sc1C(=O)O. The Bertz CT molecular complexity index is 646. The standard InChI is InChI=1S/C11H7N3O2S2/c1-6-9(10(15)16)18-11(14-6)17-8-3-2-4-13-7(8)5-12/h2-4H,1H3,(H,15,16). The first kappa shape index (κ1) is 12.5. The summed E-state index contributed by atoms with van der Waals surface area (Å²) < 4.78 is 0.592. The van der Waals surface area contributed by atoms with Crippen LogP contribution in [0.25, 0.3) is 0 Å². The Hall–Kier alpha value is -1.91. The van der Waals surface area contributed by atoms with Crippen molar-refractivity contribution in [1.82, 2.24) is 9.97 Å². The molecule has 2 aromatic heterocycles. The molecule has 18 heavy (non-hydrogen) atoms. The zero-order valence-electron chi connectivity index (χ0n) is 9.25. The highest BCUT2D eigenvalue weighted by atomic mass is 32.2. The number of aromatic nitrogens is 2. The van der Waals surface area contributed by atoms with E-state index in [1.165, 1.54) is 11.8 Å². The summed E-state index contributed by atoms with van der Waals surface area (Å²) in [4.78, 5) is 19.9. The average molecular weight is 277 g/mol. The minimum atomic E-state index is -0.983. The van der Waals surface area contributed by atoms with Crippen molar-refractivity contribution in [1.29, 1.82) is 5.26 Å². The van der Waals surface area contributed by atoms with Gasteiger partial charge in [-0.3, -0.25) is 0 Å². The Kier molecular flexibility index (Phi) is 3.60. The number of aryl methyl sites for hydroxylation is 1. The van der Waals surface area contributed by atoms with Crippen molar-refractivity contribution in [2.24, 2.45) is 0 Å². The molecule has 2 aromatic rings. The third-order valence-electron chi connectivity index (χ3n) is 2.05. The van der Waals surface area contributed by atoms with Gasteiger partial charge in [-0.2, -0.15) is 5.26 Å². The van der Waals surface area contributed by atoms with Crippen LogP contribution >= 0.6 is 23.1 Å². The summed E-state index contributed by atoms with van der Waals surface area (Å²) in [6, 6.07) is 5.47. The van der Waals surface area contributed by atoms with Crippen LogP contribution in [0.2, 0.25) is 0 Å². The van der Waals surface area contributed by atoms with Gasteiger partial charge in [0.1, 0.15) is 10.9 Å². The predicted octanol–water partition coefficient (Wildman–Crippen LogP) is 2.57. The van der Waals surface area contributed by atoms with E-state index in [9.17, 15) is 4.79 Å². The highest BCUT2D eigenvalue weighted by Gasteiger charge is 2.15. The zero-order chi connectivity index (χ0) is 13.1. The van der Waals surface area contributed by atoms with E-state index in [1.54, 1.807) is 25.3 Å². The van der Waals surface area contributed by atoms with Gasteiger partial charge in [0, 0.05) is 6.20 Å². The number of thiazole rings is 1. The van der Waals surface area contributed by atoms with Crippen LogP contribution in [0.3, 0.4) is 0 Å². The summed E-state index contributed by atoms with van der Waals surface area (Å²) in [5, 5.41) is 17.8. The zero-order valence-corrected chi connectivity index (χ0v) is 10.9. The van der Waals surface area contributed by atoms with Gasteiger partial charge in [-0.1, -0.05) is 11.8 Å². The number of carbonyl (C=O) groups is 1. The second-order valence-corrected chi connectivity index (χ2v) is 5.55. The number of rotatable bonds is 3. The molecule has 0 aliphatic rings. The van der Waals surface area contributed by atoms with Gasteiger partial charge >= 0.3 is 5.97 Å². The van der Waals surface area contributed by atoms with Crippen LogP contribution in [0.4, 0.5) is 0 Å². The monoisotopic (exact) mass is 277 g/mol. The average Bonchev–Trinajstić information content (AvgIpc) is 2.71. The molecule has 7 heteroatoms. The fourth-order valence-electron chi connectivity index (χ4n) is 1.26. The smallest absolute Gasteiger partial charge is 0.347 e. The molecule has 2 heterocycles. The maximum atomic E-state index is 10.9. The van der Waals surface area contributed by atoms with E-state index in [0.717, 1.165) is 11.3 Å². The van der Waals surface area contributed by atoms with Crippen molar-refractivity contribution in [2.75, 3.05) is 0 Å². The largest absolute Gasteiger partial charge is 0.477 e. The molecule has 2 rings (SSSR count). The Morgan fingerprint density at radius 3 is 3.00 bits per heavy atom. The summed E-state index contributed by atoms with van der Waals surface area (Å²) in [7, 11) is 0. The molecule has 5 nitrogen and oxygen atoms in total. The predicted molar refractivity (Wildman–Crippen MR) is 66.9 cm³/mol. The first-order valence-corrected chi connectivity index (χ1v) is 6.49. The van der Waals surface area contributed by atoms with Crippen LogP contribution in [-0.4, -0.2) is 21.0 Å². The van der Waals surface area contributed by atoms with E-state index in [0.29, 0.717) is 20.6 Å². The van der Waals surface area contributed by atoms with E-state index in [1.807, 2.05) is 6.07 Å². The second kappa shape index (κ2) is 5.16. The fraction of sp³-hybridized carbons (Fsp3) is 0.0909. The van der Waals surface area contributed by atoms with Gasteiger partial charge in [0.25, 0.3) is 0 Å². The molecular formula is C11H7N3O2S2. The van der Waals surface area contributed by atoms with E-state index >= 15 is 0 Å². The first-order chi connectivity index (χ1) is 8.61. The third-order valence-corrected chi connectivity index (χ3v) is 4.30. The molecule has 0 aliphatic heterocycles. The van der Waals surface area contributed by atoms with Crippen molar-refractivity contribution in [3.63, 3.8) is 0 Å². The molecule has 0 bridgehead atoms. The second-order valence-electron chi connectivity index (χ2n) is 3.26. The minimum Gasteiger partial charge on any atom is -0.477 e. The Morgan fingerprint density at radius 2 is 2.39 bits per heavy atom. The van der Waals surface area contributed by atoms with E-state index in [-0.39, 0.29) is 4.88 Å². The van der Waals surface area contributed by atoms with Gasteiger partial charge in [-0.05, 0) is 19.1 Å². The first-order valence-electron chi connectivity index (χ1n) is 4.85. The molecule has 0 atom stereocenters. The molecule has 0 radical (unpaired) electrons. The van der Waals surface area contributed by atoms with Gasteiger partial charge in [0.2, 0.25) is 0 Å². The van der Waals surface area contributed by atoms with Crippen molar-refractivity contribution in [3.8, 4) is 6.07 Å². The lowest BCUT2D eigenvalue weighted by atomic mass is 10.4. The molecule has 1 N–H and O–H groups in total. The molecule has 0 saturated carbocycles. The van der Waals surface area contributed by atoms with Crippen LogP contribution in [0, 0.1) is 18.3 Å². The molecular weight excluding hydrogens is 270 g/mol. The topological polar surface area (TPSA) is 86.9 Å². The summed E-state index contributed by atoms with van der Waals surface area (Å²) in [5.41, 5.74) is 0.796. The number of carboxylic acid groups (broad SMARTS) is 1. The lowest BCUT2D eigenvalue weighted by Crippen LogP contribution is -1.94. The number of aromatic carboxylic acids is 1. The van der Waals surface area contributed by atoms with Gasteiger partial charge in [0.05, 0.1) is 10.6 Å². The summed E-state index contributed by atoms with van der Waals surface area (Å²) in [5.74, 6) is -0.983. The molecule has 0 unspecified atom stereocenters. The van der Waals surface area contributed by atoms with Crippen LogP contribution in [-0.2, 0) is 0 Å². The lowest BCUT2D eigenvalue weighted by molar-refractivity contribution is 0.0701. The molecule has 0 aromatic carbocycles. The van der Waals surface area contributed by atoms with Gasteiger partial charge in [-0.15, -0.1) is 11.3 Å². The van der Waals surface area contributed by atoms with Gasteiger partial charge in [0.15, 0.2) is 10.0 Å². The van der Waals surface area contributed by atoms with Crippen molar-refractivity contribution in [2.45, 2.75) is 16.2 Å². The molecule has 0 aliphatic carbocycles. The van der Waals surface area contributed by atoms with Crippen LogP contribution in [0.1, 0.15) is 21.1 Å². The third kappa shape index (κ3) is 2.50. The Balaban J connectivity index is 2.32. The highest BCUT2D eigenvalue weighted by Crippen LogP contribution is 2.33. The number of nitriles is 1. The quantitative estimate of drug-likeness (QED) is 0.927. The number of hydrogen-bond acceptors (Lipinski definition) is 6. The van der Waals surface area contributed by atoms with Crippen molar-refractivity contribution < 1.29 is 9.90 Å². The van der Waals surface area contributed by atoms with Crippen LogP contribution in [0.5, 0.6) is 0 Å². The molecule has 0 spiro atoms. The Morgan fingerprint density at radius 1 is 1.61 bits per heavy atom. The Labute approximate surface area is 111 Å². The van der Waals surface area contributed by atoms with E-state index in [4.69, 9.17) is 10.4 Å². The molecule has 90 valence electrons. The number of nitrogens with zero attached hydrogens (tertiary/aromatic N) is 3. The van der Waals surface area contributed by atoms with Crippen molar-refractivity contribution >= 4 is 29.1 Å². The molecule has 0 fully saturated rings. The summed E-state index contributed by atoms with van der Waals surface area (Å²) >= 11 is 2.35. The van der Waals surface area contributed by atoms with Crippen LogP contribution in [0.15, 0.2) is 27.6 Å². The maximum Gasteiger partial charge on any atom is 0.347 e. The number of hydrogen-bond donors (Lipinski definition) is 1. The normalized spacial score (nSPS) is 10.0. The van der Waals surface area contributed by atoms with Crippen molar-refractivity contribution in [3.05, 3.63) is 34.6 Å². The maximum absolute atomic E-state index is 10.9. The van der Waals surface area contributed by atoms with Crippen LogP contribution < -0.4 is 0 Å². The highest BCUT2D eigenvalue weighted by molar-refractivity contribution is 8.01. The number of pyridine rings is 1. The lowest BCUT2D eigenvalue weighted by Gasteiger charge is -1.98. The summed E-state index contributed by atoms with van der Waals surface area (Å²) in [6.45, 7) is 1.65. The number of carboxylic acids is 1. The summed E-state index contributed by atoms with van der Waals surface area (Å²) in [6.07, 6.45) is 1.54. The van der Waals surface area contributed by atoms with E-state index in [2.05, 4.69) is 9.97 Å². The molecule has 0 saturated heterocycles. The minimum absolute atomic E-state index is 0.222. The van der Waals surface area contributed by atoms with Gasteiger partial charge in [-0.25, -0.2) is 14.8 Å². The molecule has 0 amide bonds.